The molecule has 1 heterocycles. The number of nitrogens with zero attached hydrogens (tertiary/aromatic N) is 2. The Kier molecular flexibility index (Phi) is 8.00. The van der Waals surface area contributed by atoms with E-state index in [9.17, 15) is 27.6 Å². The van der Waals surface area contributed by atoms with Crippen LogP contribution in [0.5, 0.6) is 5.75 Å². The monoisotopic (exact) mass is 477 g/mol. The molecule has 2 aromatic rings. The first-order valence-corrected chi connectivity index (χ1v) is 10.4. The van der Waals surface area contributed by atoms with E-state index in [1.54, 1.807) is 6.92 Å². The molecule has 1 unspecified atom stereocenters. The lowest BCUT2D eigenvalue weighted by atomic mass is 10.0. The van der Waals surface area contributed by atoms with E-state index in [1.165, 1.54) is 30.5 Å². The van der Waals surface area contributed by atoms with E-state index in [1.807, 2.05) is 0 Å². The molecule has 0 radical (unpaired) electrons. The maximum Gasteiger partial charge on any atom is 0.338 e. The number of esters is 2. The summed E-state index contributed by atoms with van der Waals surface area (Å²) >= 11 is 0. The van der Waals surface area contributed by atoms with Crippen LogP contribution in [-0.2, 0) is 20.7 Å². The molecule has 1 aliphatic rings. The first-order valence-electron chi connectivity index (χ1n) is 10.4. The Morgan fingerprint density at radius 3 is 2.47 bits per heavy atom. The fourth-order valence-electron chi connectivity index (χ4n) is 3.30. The van der Waals surface area contributed by atoms with Gasteiger partial charge in [-0.25, -0.2) is 27.8 Å². The van der Waals surface area contributed by atoms with Crippen LogP contribution >= 0.6 is 0 Å². The number of hydrazone groups is 1. The maximum atomic E-state index is 13.8. The average molecular weight is 477 g/mol. The fourth-order valence-corrected chi connectivity index (χ4v) is 3.30. The van der Waals surface area contributed by atoms with Crippen molar-refractivity contribution >= 4 is 24.1 Å². The maximum absolute atomic E-state index is 13.8. The number of carbonyl (C=O) groups excluding carboxylic acids is 3. The third kappa shape index (κ3) is 5.98. The van der Waals surface area contributed by atoms with Crippen LogP contribution in [-0.4, -0.2) is 47.8 Å². The van der Waals surface area contributed by atoms with E-state index in [-0.39, 0.29) is 42.7 Å². The van der Waals surface area contributed by atoms with E-state index < -0.39 is 47.4 Å². The third-order valence-corrected chi connectivity index (χ3v) is 4.95. The Morgan fingerprint density at radius 1 is 1.12 bits per heavy atom. The largest absolute Gasteiger partial charge is 0.462 e. The molecule has 0 spiro atoms. The number of halogens is 3. The van der Waals surface area contributed by atoms with E-state index in [0.29, 0.717) is 12.1 Å². The standard InChI is InChI=1S/C23H22F3N3O5/c1-2-33-22(31)13-3-5-16(6-4-13)34-23(32)20-7-8-28-29(20)21(30)11-15(27)9-14-10-18(25)19(26)12-17(14)24/h3-6,8,10,12,15,20H,2,7,9,11,27H2,1H3/t15-,20?/m1/s1. The van der Waals surface area contributed by atoms with Crippen LogP contribution in [0.1, 0.15) is 35.7 Å². The smallest absolute Gasteiger partial charge is 0.338 e. The SMILES string of the molecule is CCOC(=O)c1ccc(OC(=O)C2CC=NN2C(=O)C[C@H](N)Cc2cc(F)c(F)cc2F)cc1. The van der Waals surface area contributed by atoms with Crippen molar-refractivity contribution in [1.82, 2.24) is 5.01 Å². The second-order valence-electron chi connectivity index (χ2n) is 7.48. The van der Waals surface area contributed by atoms with Crippen molar-refractivity contribution in [2.75, 3.05) is 6.61 Å². The van der Waals surface area contributed by atoms with Crippen LogP contribution in [0, 0.1) is 17.5 Å². The van der Waals surface area contributed by atoms with Gasteiger partial charge in [0.05, 0.1) is 12.2 Å². The quantitative estimate of drug-likeness (QED) is 0.356. The number of rotatable bonds is 8. The lowest BCUT2D eigenvalue weighted by Crippen LogP contribution is -2.43. The zero-order chi connectivity index (χ0) is 24.8. The molecule has 0 saturated carbocycles. The van der Waals surface area contributed by atoms with Crippen molar-refractivity contribution in [1.29, 1.82) is 0 Å². The van der Waals surface area contributed by atoms with Crippen LogP contribution in [0.2, 0.25) is 0 Å². The van der Waals surface area contributed by atoms with Gasteiger partial charge in [-0.15, -0.1) is 0 Å². The van der Waals surface area contributed by atoms with Crippen LogP contribution in [0.3, 0.4) is 0 Å². The van der Waals surface area contributed by atoms with Crippen molar-refractivity contribution in [2.24, 2.45) is 10.8 Å². The summed E-state index contributed by atoms with van der Waals surface area (Å²) in [6, 6.07) is 4.83. The van der Waals surface area contributed by atoms with Gasteiger partial charge in [-0.3, -0.25) is 4.79 Å². The first kappa shape index (κ1) is 24.9. The number of hydrogen-bond donors (Lipinski definition) is 1. The summed E-state index contributed by atoms with van der Waals surface area (Å²) in [4.78, 5) is 36.9. The Labute approximate surface area is 193 Å². The van der Waals surface area contributed by atoms with Crippen LogP contribution in [0.4, 0.5) is 13.2 Å². The van der Waals surface area contributed by atoms with Gasteiger partial charge >= 0.3 is 11.9 Å². The normalized spacial score (nSPS) is 15.8. The molecule has 2 N–H and O–H groups in total. The fraction of sp³-hybridized carbons (Fsp3) is 0.304. The Bertz CT molecular complexity index is 1110. The Hall–Kier alpha value is -3.73. The molecule has 0 fully saturated rings. The summed E-state index contributed by atoms with van der Waals surface area (Å²) in [7, 11) is 0. The van der Waals surface area contributed by atoms with Crippen LogP contribution in [0.15, 0.2) is 41.5 Å². The highest BCUT2D eigenvalue weighted by Gasteiger charge is 2.35. The third-order valence-electron chi connectivity index (χ3n) is 4.95. The molecule has 34 heavy (non-hydrogen) atoms. The van der Waals surface area contributed by atoms with Gasteiger partial charge in [-0.2, -0.15) is 5.10 Å². The van der Waals surface area contributed by atoms with E-state index in [4.69, 9.17) is 15.2 Å². The highest BCUT2D eigenvalue weighted by atomic mass is 19.2. The second kappa shape index (κ2) is 10.9. The minimum atomic E-state index is -1.32. The molecule has 8 nitrogen and oxygen atoms in total. The lowest BCUT2D eigenvalue weighted by molar-refractivity contribution is -0.147. The molecule has 1 aliphatic heterocycles. The molecule has 2 atom stereocenters. The van der Waals surface area contributed by atoms with Gasteiger partial charge in [0.2, 0.25) is 5.91 Å². The van der Waals surface area contributed by atoms with Gasteiger partial charge < -0.3 is 15.2 Å². The lowest BCUT2D eigenvalue weighted by Gasteiger charge is -2.22. The van der Waals surface area contributed by atoms with Crippen molar-refractivity contribution in [3.8, 4) is 5.75 Å². The number of amides is 1. The predicted octanol–water partition coefficient (Wildman–Crippen LogP) is 2.73. The van der Waals surface area contributed by atoms with Gasteiger partial charge in [0, 0.05) is 31.2 Å². The first-order chi connectivity index (χ1) is 16.2. The van der Waals surface area contributed by atoms with Crippen molar-refractivity contribution in [3.63, 3.8) is 0 Å². The summed E-state index contributed by atoms with van der Waals surface area (Å²) in [5, 5.41) is 4.83. The minimum Gasteiger partial charge on any atom is -0.462 e. The molecular formula is C23H22F3N3O5. The molecule has 180 valence electrons. The van der Waals surface area contributed by atoms with E-state index in [0.717, 1.165) is 5.01 Å². The summed E-state index contributed by atoms with van der Waals surface area (Å²) < 4.78 is 50.5. The summed E-state index contributed by atoms with van der Waals surface area (Å²) in [5.41, 5.74) is 6.01. The highest BCUT2D eigenvalue weighted by Crippen LogP contribution is 2.20. The molecular weight excluding hydrogens is 455 g/mol. The predicted molar refractivity (Wildman–Crippen MR) is 114 cm³/mol. The Morgan fingerprint density at radius 2 is 1.79 bits per heavy atom. The van der Waals surface area contributed by atoms with Gasteiger partial charge in [0.15, 0.2) is 17.7 Å². The van der Waals surface area contributed by atoms with Gasteiger partial charge in [0.1, 0.15) is 11.6 Å². The zero-order valence-corrected chi connectivity index (χ0v) is 18.2. The van der Waals surface area contributed by atoms with Crippen molar-refractivity contribution in [3.05, 3.63) is 65.0 Å². The zero-order valence-electron chi connectivity index (χ0n) is 18.2. The van der Waals surface area contributed by atoms with Gasteiger partial charge in [-0.05, 0) is 49.2 Å². The molecule has 2 aromatic carbocycles. The summed E-state index contributed by atoms with van der Waals surface area (Å²) in [5.74, 6) is -5.26. The van der Waals surface area contributed by atoms with Crippen LogP contribution < -0.4 is 10.5 Å². The molecule has 1 amide bonds. The number of hydrogen-bond acceptors (Lipinski definition) is 7. The molecule has 11 heteroatoms. The number of nitrogens with two attached hydrogens (primary N) is 1. The molecule has 0 saturated heterocycles. The summed E-state index contributed by atoms with van der Waals surface area (Å²) in [6.45, 7) is 1.90. The van der Waals surface area contributed by atoms with Gasteiger partial charge in [0.25, 0.3) is 0 Å². The molecule has 3 rings (SSSR count). The van der Waals surface area contributed by atoms with Crippen LogP contribution in [0.25, 0.3) is 0 Å². The summed E-state index contributed by atoms with van der Waals surface area (Å²) in [6.07, 6.45) is 0.925. The second-order valence-corrected chi connectivity index (χ2v) is 7.48. The number of benzene rings is 2. The van der Waals surface area contributed by atoms with Gasteiger partial charge in [-0.1, -0.05) is 0 Å². The van der Waals surface area contributed by atoms with Crippen molar-refractivity contribution < 1.29 is 37.0 Å². The number of ether oxygens (including phenoxy) is 2. The minimum absolute atomic E-state index is 0.110. The highest BCUT2D eigenvalue weighted by molar-refractivity contribution is 5.91. The molecule has 0 aliphatic carbocycles. The molecule has 0 aromatic heterocycles. The average Bonchev–Trinajstić information content (AvgIpc) is 3.28. The van der Waals surface area contributed by atoms with E-state index in [2.05, 4.69) is 5.10 Å². The van der Waals surface area contributed by atoms with Crippen molar-refractivity contribution in [2.45, 2.75) is 38.3 Å². The molecule has 0 bridgehead atoms. The Balaban J connectivity index is 1.59. The number of carbonyl (C=O) groups is 3. The van der Waals surface area contributed by atoms with E-state index >= 15 is 0 Å². The topological polar surface area (TPSA) is 111 Å².